The number of anilines is 2. The van der Waals surface area contributed by atoms with Crippen molar-refractivity contribution in [1.82, 2.24) is 14.8 Å². The number of benzene rings is 1. The number of ether oxygens (including phenoxy) is 1. The number of nitrogens with one attached hydrogen (secondary N) is 1. The summed E-state index contributed by atoms with van der Waals surface area (Å²) in [6, 6.07) is 9.50. The summed E-state index contributed by atoms with van der Waals surface area (Å²) < 4.78 is 5.35. The molecule has 2 aromatic rings. The fraction of sp³-hybridized carbons (Fsp3) is 0.368. The standard InChI is InChI=1S/C19H24N4O2/c1-3-22-8-10-23(11-9-22)19(24)15-12-16(14-20-13-15)21-17-6-4-5-7-18(17)25-2/h4-7,12-14,21H,3,8-11H2,1-2H3. The van der Waals surface area contributed by atoms with E-state index in [-0.39, 0.29) is 5.91 Å². The molecule has 0 unspecified atom stereocenters. The number of para-hydroxylation sites is 2. The summed E-state index contributed by atoms with van der Waals surface area (Å²) in [4.78, 5) is 21.2. The Morgan fingerprint density at radius 3 is 2.68 bits per heavy atom. The summed E-state index contributed by atoms with van der Waals surface area (Å²) in [5.74, 6) is 0.779. The van der Waals surface area contributed by atoms with Crippen LogP contribution in [0.3, 0.4) is 0 Å². The molecule has 0 atom stereocenters. The molecule has 1 N–H and O–H groups in total. The molecule has 1 aromatic heterocycles. The number of carbonyl (C=O) groups excluding carboxylic acids is 1. The number of amides is 1. The third kappa shape index (κ3) is 4.09. The van der Waals surface area contributed by atoms with E-state index < -0.39 is 0 Å². The molecule has 0 aliphatic carbocycles. The van der Waals surface area contributed by atoms with Gasteiger partial charge in [-0.1, -0.05) is 19.1 Å². The first-order valence-electron chi connectivity index (χ1n) is 8.58. The first-order valence-corrected chi connectivity index (χ1v) is 8.58. The Balaban J connectivity index is 1.72. The molecule has 0 saturated carbocycles. The Bertz CT molecular complexity index is 727. The molecule has 0 bridgehead atoms. The largest absolute Gasteiger partial charge is 0.495 e. The molecule has 0 spiro atoms. The number of likely N-dealkylation sites (N-methyl/N-ethyl adjacent to an activating group) is 1. The van der Waals surface area contributed by atoms with Crippen molar-refractivity contribution >= 4 is 17.3 Å². The lowest BCUT2D eigenvalue weighted by Crippen LogP contribution is -2.48. The van der Waals surface area contributed by atoms with Crippen LogP contribution in [0, 0.1) is 0 Å². The number of methoxy groups -OCH3 is 1. The molecule has 1 aliphatic rings. The Kier molecular flexibility index (Phi) is 5.50. The van der Waals surface area contributed by atoms with Gasteiger partial charge < -0.3 is 19.9 Å². The van der Waals surface area contributed by atoms with Crippen LogP contribution in [0.15, 0.2) is 42.7 Å². The summed E-state index contributed by atoms with van der Waals surface area (Å²) >= 11 is 0. The summed E-state index contributed by atoms with van der Waals surface area (Å²) in [6.45, 7) is 6.55. The Morgan fingerprint density at radius 1 is 1.20 bits per heavy atom. The van der Waals surface area contributed by atoms with Gasteiger partial charge in [-0.15, -0.1) is 0 Å². The van der Waals surface area contributed by atoms with Crippen molar-refractivity contribution in [2.75, 3.05) is 45.2 Å². The molecule has 6 heteroatoms. The van der Waals surface area contributed by atoms with Crippen LogP contribution in [0.4, 0.5) is 11.4 Å². The topological polar surface area (TPSA) is 57.7 Å². The number of hydrogen-bond acceptors (Lipinski definition) is 5. The predicted octanol–water partition coefficient (Wildman–Crippen LogP) is 2.61. The highest BCUT2D eigenvalue weighted by atomic mass is 16.5. The van der Waals surface area contributed by atoms with Crippen molar-refractivity contribution in [3.05, 3.63) is 48.3 Å². The summed E-state index contributed by atoms with van der Waals surface area (Å²) in [5, 5.41) is 3.27. The van der Waals surface area contributed by atoms with Crippen LogP contribution in [0.1, 0.15) is 17.3 Å². The van der Waals surface area contributed by atoms with E-state index in [0.717, 1.165) is 49.8 Å². The van der Waals surface area contributed by atoms with Crippen molar-refractivity contribution in [3.8, 4) is 5.75 Å². The molecular weight excluding hydrogens is 316 g/mol. The number of aromatic nitrogens is 1. The van der Waals surface area contributed by atoms with Gasteiger partial charge in [0.1, 0.15) is 5.75 Å². The lowest BCUT2D eigenvalue weighted by Gasteiger charge is -2.34. The molecule has 1 saturated heterocycles. The van der Waals surface area contributed by atoms with Crippen LogP contribution < -0.4 is 10.1 Å². The minimum Gasteiger partial charge on any atom is -0.495 e. The maximum Gasteiger partial charge on any atom is 0.255 e. The molecule has 2 heterocycles. The van der Waals surface area contributed by atoms with Gasteiger partial charge in [0.15, 0.2) is 0 Å². The third-order valence-corrected chi connectivity index (χ3v) is 4.48. The SMILES string of the molecule is CCN1CCN(C(=O)c2cncc(Nc3ccccc3OC)c2)CC1. The van der Waals surface area contributed by atoms with Gasteiger partial charge in [-0.2, -0.15) is 0 Å². The Morgan fingerprint density at radius 2 is 1.96 bits per heavy atom. The smallest absolute Gasteiger partial charge is 0.255 e. The van der Waals surface area contributed by atoms with E-state index in [1.807, 2.05) is 35.2 Å². The van der Waals surface area contributed by atoms with Crippen LogP contribution >= 0.6 is 0 Å². The molecule has 1 aromatic carbocycles. The van der Waals surface area contributed by atoms with Crippen molar-refractivity contribution in [2.24, 2.45) is 0 Å². The molecule has 25 heavy (non-hydrogen) atoms. The predicted molar refractivity (Wildman–Crippen MR) is 98.5 cm³/mol. The average molecular weight is 340 g/mol. The van der Waals surface area contributed by atoms with Crippen molar-refractivity contribution < 1.29 is 9.53 Å². The van der Waals surface area contributed by atoms with Gasteiger partial charge in [-0.05, 0) is 24.7 Å². The third-order valence-electron chi connectivity index (χ3n) is 4.48. The van der Waals surface area contributed by atoms with Gasteiger partial charge in [0.25, 0.3) is 5.91 Å². The molecule has 1 amide bonds. The van der Waals surface area contributed by atoms with Crippen LogP contribution in [-0.4, -0.2) is 60.5 Å². The zero-order valence-corrected chi connectivity index (χ0v) is 14.7. The number of hydrogen-bond donors (Lipinski definition) is 1. The maximum atomic E-state index is 12.7. The molecule has 3 rings (SSSR count). The first-order chi connectivity index (χ1) is 12.2. The monoisotopic (exact) mass is 340 g/mol. The second-order valence-corrected chi connectivity index (χ2v) is 6.01. The molecule has 1 aliphatic heterocycles. The highest BCUT2D eigenvalue weighted by Gasteiger charge is 2.21. The molecule has 1 fully saturated rings. The highest BCUT2D eigenvalue weighted by molar-refractivity contribution is 5.95. The summed E-state index contributed by atoms with van der Waals surface area (Å²) in [5.41, 5.74) is 2.21. The van der Waals surface area contributed by atoms with E-state index in [0.29, 0.717) is 5.56 Å². The van der Waals surface area contributed by atoms with Gasteiger partial charge in [0.05, 0.1) is 30.2 Å². The average Bonchev–Trinajstić information content (AvgIpc) is 2.68. The highest BCUT2D eigenvalue weighted by Crippen LogP contribution is 2.27. The lowest BCUT2D eigenvalue weighted by atomic mass is 10.2. The van der Waals surface area contributed by atoms with Crippen LogP contribution in [-0.2, 0) is 0 Å². The number of rotatable bonds is 5. The molecule has 132 valence electrons. The zero-order valence-electron chi connectivity index (χ0n) is 14.7. The maximum absolute atomic E-state index is 12.7. The Labute approximate surface area is 148 Å². The number of pyridine rings is 1. The van der Waals surface area contributed by atoms with Crippen molar-refractivity contribution in [1.29, 1.82) is 0 Å². The zero-order chi connectivity index (χ0) is 17.6. The van der Waals surface area contributed by atoms with Gasteiger partial charge in [0, 0.05) is 32.4 Å². The fourth-order valence-electron chi connectivity index (χ4n) is 2.98. The lowest BCUT2D eigenvalue weighted by molar-refractivity contribution is 0.0643. The summed E-state index contributed by atoms with van der Waals surface area (Å²) in [7, 11) is 1.63. The van der Waals surface area contributed by atoms with E-state index >= 15 is 0 Å². The molecule has 6 nitrogen and oxygen atoms in total. The molecule has 0 radical (unpaired) electrons. The minimum absolute atomic E-state index is 0.0342. The van der Waals surface area contributed by atoms with E-state index in [1.165, 1.54) is 0 Å². The van der Waals surface area contributed by atoms with Gasteiger partial charge in [-0.3, -0.25) is 9.78 Å². The normalized spacial score (nSPS) is 15.0. The van der Waals surface area contributed by atoms with E-state index in [4.69, 9.17) is 4.74 Å². The van der Waals surface area contributed by atoms with Crippen molar-refractivity contribution in [3.63, 3.8) is 0 Å². The minimum atomic E-state index is 0.0342. The van der Waals surface area contributed by atoms with Gasteiger partial charge in [-0.25, -0.2) is 0 Å². The van der Waals surface area contributed by atoms with Crippen LogP contribution in [0.25, 0.3) is 0 Å². The van der Waals surface area contributed by atoms with Crippen molar-refractivity contribution in [2.45, 2.75) is 6.92 Å². The second-order valence-electron chi connectivity index (χ2n) is 6.01. The summed E-state index contributed by atoms with van der Waals surface area (Å²) in [6.07, 6.45) is 3.33. The van der Waals surface area contributed by atoms with Crippen LogP contribution in [0.2, 0.25) is 0 Å². The quantitative estimate of drug-likeness (QED) is 0.907. The molecular formula is C19H24N4O2. The Hall–Kier alpha value is -2.60. The second kappa shape index (κ2) is 7.98. The van der Waals surface area contributed by atoms with Gasteiger partial charge in [0.2, 0.25) is 0 Å². The van der Waals surface area contributed by atoms with E-state index in [2.05, 4.69) is 22.1 Å². The first kappa shape index (κ1) is 17.2. The van der Waals surface area contributed by atoms with E-state index in [1.54, 1.807) is 19.5 Å². The van der Waals surface area contributed by atoms with Crippen LogP contribution in [0.5, 0.6) is 5.75 Å². The number of piperazine rings is 1. The van der Waals surface area contributed by atoms with Gasteiger partial charge >= 0.3 is 0 Å². The fourth-order valence-corrected chi connectivity index (χ4v) is 2.98. The number of nitrogens with zero attached hydrogens (tertiary/aromatic N) is 3. The number of carbonyl (C=O) groups is 1. The van der Waals surface area contributed by atoms with E-state index in [9.17, 15) is 4.79 Å².